The summed E-state index contributed by atoms with van der Waals surface area (Å²) in [6, 6.07) is -0.341. The fraction of sp³-hybridized carbons (Fsp3) is 0.714. The molecule has 0 radical (unpaired) electrons. The number of H-pyrrole nitrogens is 1. The molecule has 1 atom stereocenters. The molecule has 116 valence electrons. The number of nitrogens with one attached hydrogen (secondary N) is 2. The van der Waals surface area contributed by atoms with Crippen molar-refractivity contribution < 1.29 is 9.59 Å². The van der Waals surface area contributed by atoms with Crippen molar-refractivity contribution in [2.45, 2.75) is 46.1 Å². The van der Waals surface area contributed by atoms with Crippen molar-refractivity contribution >= 4 is 11.8 Å². The number of likely N-dealkylation sites (tertiary alicyclic amines) is 1. The van der Waals surface area contributed by atoms with E-state index in [2.05, 4.69) is 20.5 Å². The van der Waals surface area contributed by atoms with Crippen molar-refractivity contribution in [1.29, 1.82) is 0 Å². The average molecular weight is 293 g/mol. The van der Waals surface area contributed by atoms with E-state index in [0.29, 0.717) is 19.5 Å². The van der Waals surface area contributed by atoms with Gasteiger partial charge in [0.15, 0.2) is 0 Å². The minimum Gasteiger partial charge on any atom is -0.354 e. The van der Waals surface area contributed by atoms with Crippen LogP contribution >= 0.6 is 0 Å². The first-order valence-corrected chi connectivity index (χ1v) is 7.32. The lowest BCUT2D eigenvalue weighted by Gasteiger charge is -2.30. The largest absolute Gasteiger partial charge is 0.354 e. The van der Waals surface area contributed by atoms with Gasteiger partial charge in [0.25, 0.3) is 0 Å². The smallest absolute Gasteiger partial charge is 0.242 e. The number of aromatic amines is 1. The number of aromatic nitrogens is 3. The zero-order valence-corrected chi connectivity index (χ0v) is 12.8. The van der Waals surface area contributed by atoms with Crippen LogP contribution in [-0.4, -0.2) is 51.0 Å². The third kappa shape index (κ3) is 3.80. The van der Waals surface area contributed by atoms with Gasteiger partial charge in [-0.15, -0.1) is 0 Å². The van der Waals surface area contributed by atoms with Crippen molar-refractivity contribution in [3.63, 3.8) is 0 Å². The molecular weight excluding hydrogens is 270 g/mol. The Morgan fingerprint density at radius 3 is 2.86 bits per heavy atom. The van der Waals surface area contributed by atoms with Gasteiger partial charge >= 0.3 is 0 Å². The number of hydrogen-bond acceptors (Lipinski definition) is 4. The van der Waals surface area contributed by atoms with Gasteiger partial charge in [-0.1, -0.05) is 20.8 Å². The van der Waals surface area contributed by atoms with Gasteiger partial charge in [-0.2, -0.15) is 5.10 Å². The van der Waals surface area contributed by atoms with E-state index >= 15 is 0 Å². The summed E-state index contributed by atoms with van der Waals surface area (Å²) in [5.74, 6) is 0.698. The molecule has 0 bridgehead atoms. The first-order chi connectivity index (χ1) is 9.89. The van der Waals surface area contributed by atoms with Gasteiger partial charge in [0.05, 0.1) is 0 Å². The van der Waals surface area contributed by atoms with Crippen LogP contribution in [0.25, 0.3) is 0 Å². The predicted molar refractivity (Wildman–Crippen MR) is 77.3 cm³/mol. The van der Waals surface area contributed by atoms with Crippen LogP contribution in [0, 0.1) is 5.41 Å². The predicted octanol–water partition coefficient (Wildman–Crippen LogP) is 0.501. The molecule has 1 aliphatic rings. The summed E-state index contributed by atoms with van der Waals surface area (Å²) in [6.07, 6.45) is 3.65. The van der Waals surface area contributed by atoms with Gasteiger partial charge in [-0.3, -0.25) is 14.7 Å². The summed E-state index contributed by atoms with van der Waals surface area (Å²) in [6.45, 7) is 6.80. The maximum atomic E-state index is 12.4. The number of rotatable bonds is 4. The number of nitrogens with zero attached hydrogens (tertiary/aromatic N) is 3. The highest BCUT2D eigenvalue weighted by atomic mass is 16.2. The van der Waals surface area contributed by atoms with Gasteiger partial charge < -0.3 is 10.2 Å². The lowest BCUT2D eigenvalue weighted by Crippen LogP contribution is -2.49. The molecule has 0 saturated carbocycles. The van der Waals surface area contributed by atoms with Crippen molar-refractivity contribution in [3.05, 3.63) is 12.2 Å². The molecule has 0 aromatic carbocycles. The van der Waals surface area contributed by atoms with Gasteiger partial charge in [0.2, 0.25) is 11.8 Å². The van der Waals surface area contributed by atoms with Crippen molar-refractivity contribution in [3.8, 4) is 0 Å². The fourth-order valence-corrected chi connectivity index (χ4v) is 2.49. The van der Waals surface area contributed by atoms with Crippen LogP contribution < -0.4 is 5.32 Å². The highest BCUT2D eigenvalue weighted by Gasteiger charge is 2.38. The average Bonchev–Trinajstić information content (AvgIpc) is 3.07. The van der Waals surface area contributed by atoms with Crippen LogP contribution in [-0.2, 0) is 16.0 Å². The molecule has 2 amide bonds. The molecule has 2 heterocycles. The van der Waals surface area contributed by atoms with E-state index < -0.39 is 5.41 Å². The van der Waals surface area contributed by atoms with Crippen LogP contribution in [0.2, 0.25) is 0 Å². The molecule has 7 nitrogen and oxygen atoms in total. The van der Waals surface area contributed by atoms with E-state index in [1.54, 1.807) is 4.90 Å². The van der Waals surface area contributed by atoms with Crippen molar-refractivity contribution in [1.82, 2.24) is 25.4 Å². The minimum atomic E-state index is -0.456. The lowest BCUT2D eigenvalue weighted by atomic mass is 9.94. The number of carbonyl (C=O) groups is 2. The van der Waals surface area contributed by atoms with Crippen LogP contribution in [0.1, 0.15) is 39.4 Å². The minimum absolute atomic E-state index is 0.0374. The van der Waals surface area contributed by atoms with E-state index in [0.717, 1.165) is 18.7 Å². The summed E-state index contributed by atoms with van der Waals surface area (Å²) in [5, 5.41) is 9.39. The first kappa shape index (κ1) is 15.5. The molecular formula is C14H23N5O2. The Morgan fingerprint density at radius 1 is 1.48 bits per heavy atom. The maximum Gasteiger partial charge on any atom is 0.242 e. The molecule has 0 spiro atoms. The standard InChI is InChI=1S/C14H23N5O2/c1-14(2,3)13(21)19-8-4-5-10(19)12(20)15-7-6-11-16-9-17-18-11/h9-10H,4-8H2,1-3H3,(H,15,20)(H,16,17,18). The summed E-state index contributed by atoms with van der Waals surface area (Å²) >= 11 is 0. The highest BCUT2D eigenvalue weighted by molar-refractivity contribution is 5.90. The summed E-state index contributed by atoms with van der Waals surface area (Å²) < 4.78 is 0. The molecule has 1 saturated heterocycles. The number of hydrogen-bond donors (Lipinski definition) is 2. The van der Waals surface area contributed by atoms with Crippen LogP contribution in [0.3, 0.4) is 0 Å². The molecule has 2 rings (SSSR count). The lowest BCUT2D eigenvalue weighted by molar-refractivity contribution is -0.144. The van der Waals surface area contributed by atoms with Gasteiger partial charge in [-0.25, -0.2) is 4.98 Å². The molecule has 1 aromatic rings. The Bertz CT molecular complexity index is 492. The third-order valence-electron chi connectivity index (χ3n) is 3.58. The Kier molecular flexibility index (Phi) is 4.59. The second-order valence-corrected chi connectivity index (χ2v) is 6.38. The van der Waals surface area contributed by atoms with Crippen molar-refractivity contribution in [2.24, 2.45) is 5.41 Å². The SMILES string of the molecule is CC(C)(C)C(=O)N1CCCC1C(=O)NCCc1ncn[nH]1. The molecule has 7 heteroatoms. The normalized spacial score (nSPS) is 18.8. The topological polar surface area (TPSA) is 91.0 Å². The Balaban J connectivity index is 1.87. The van der Waals surface area contributed by atoms with Crippen LogP contribution in [0.15, 0.2) is 6.33 Å². The quantitative estimate of drug-likeness (QED) is 0.845. The molecule has 0 aliphatic carbocycles. The van der Waals surface area contributed by atoms with E-state index in [1.807, 2.05) is 20.8 Å². The van der Waals surface area contributed by atoms with E-state index in [4.69, 9.17) is 0 Å². The second-order valence-electron chi connectivity index (χ2n) is 6.38. The number of amides is 2. The molecule has 2 N–H and O–H groups in total. The molecule has 21 heavy (non-hydrogen) atoms. The van der Waals surface area contributed by atoms with E-state index in [1.165, 1.54) is 6.33 Å². The molecule has 1 unspecified atom stereocenters. The maximum absolute atomic E-state index is 12.4. The summed E-state index contributed by atoms with van der Waals surface area (Å²) in [4.78, 5) is 30.3. The van der Waals surface area contributed by atoms with Gasteiger partial charge in [0, 0.05) is 24.9 Å². The third-order valence-corrected chi connectivity index (χ3v) is 3.58. The zero-order chi connectivity index (χ0) is 15.5. The van der Waals surface area contributed by atoms with Crippen molar-refractivity contribution in [2.75, 3.05) is 13.1 Å². The molecule has 1 aliphatic heterocycles. The monoisotopic (exact) mass is 293 g/mol. The summed E-state index contributed by atoms with van der Waals surface area (Å²) in [7, 11) is 0. The molecule has 1 fully saturated rings. The van der Waals surface area contributed by atoms with Crippen LogP contribution in [0.4, 0.5) is 0 Å². The van der Waals surface area contributed by atoms with Gasteiger partial charge in [0.1, 0.15) is 18.2 Å². The first-order valence-electron chi connectivity index (χ1n) is 7.32. The van der Waals surface area contributed by atoms with Gasteiger partial charge in [-0.05, 0) is 12.8 Å². The van der Waals surface area contributed by atoms with Crippen LogP contribution in [0.5, 0.6) is 0 Å². The Hall–Kier alpha value is -1.92. The second kappa shape index (κ2) is 6.24. The Morgan fingerprint density at radius 2 is 2.24 bits per heavy atom. The number of carbonyl (C=O) groups excluding carboxylic acids is 2. The zero-order valence-electron chi connectivity index (χ0n) is 12.8. The molecule has 1 aromatic heterocycles. The summed E-state index contributed by atoms with van der Waals surface area (Å²) in [5.41, 5.74) is -0.456. The van der Waals surface area contributed by atoms with E-state index in [-0.39, 0.29) is 17.9 Å². The highest BCUT2D eigenvalue weighted by Crippen LogP contribution is 2.25. The fourth-order valence-electron chi connectivity index (χ4n) is 2.49. The van der Waals surface area contributed by atoms with E-state index in [9.17, 15) is 9.59 Å². The Labute approximate surface area is 124 Å².